The van der Waals surface area contributed by atoms with Gasteiger partial charge in [-0.2, -0.15) is 0 Å². The minimum absolute atomic E-state index is 0.195. The van der Waals surface area contributed by atoms with Crippen molar-refractivity contribution in [1.29, 1.82) is 0 Å². The van der Waals surface area contributed by atoms with Gasteiger partial charge in [-0.1, -0.05) is 64.5 Å². The largest absolute Gasteiger partial charge is 0.481 e. The van der Waals surface area contributed by atoms with Crippen molar-refractivity contribution < 1.29 is 14.7 Å². The Morgan fingerprint density at radius 1 is 0.889 bits per heavy atom. The summed E-state index contributed by atoms with van der Waals surface area (Å²) in [5, 5.41) is 10.1. The molecule has 0 bridgehead atoms. The van der Waals surface area contributed by atoms with E-state index in [9.17, 15) is 14.7 Å². The number of benzene rings is 3. The number of amides is 1. The zero-order valence-corrected chi connectivity index (χ0v) is 15.8. The number of fused-ring (bicyclic) bond motifs is 1. The van der Waals surface area contributed by atoms with Crippen molar-refractivity contribution in [3.8, 4) is 0 Å². The number of carboxylic acids is 1. The van der Waals surface area contributed by atoms with Gasteiger partial charge in [-0.3, -0.25) is 14.5 Å². The molecular weight excluding hydrogens is 406 g/mol. The van der Waals surface area contributed by atoms with Crippen LogP contribution in [0, 0.1) is 0 Å². The molecule has 0 spiro atoms. The van der Waals surface area contributed by atoms with Gasteiger partial charge in [-0.25, -0.2) is 0 Å². The van der Waals surface area contributed by atoms with E-state index in [0.717, 1.165) is 10.0 Å². The lowest BCUT2D eigenvalue weighted by atomic mass is 9.79. The van der Waals surface area contributed by atoms with Gasteiger partial charge in [0.1, 0.15) is 5.92 Å². The maximum Gasteiger partial charge on any atom is 0.313 e. The number of nitrogens with zero attached hydrogens (tertiary/aromatic N) is 1. The molecule has 0 unspecified atom stereocenters. The zero-order valence-electron chi connectivity index (χ0n) is 14.2. The fourth-order valence-electron chi connectivity index (χ4n) is 3.68. The molecule has 0 radical (unpaired) electrons. The van der Waals surface area contributed by atoms with E-state index >= 15 is 0 Å². The molecule has 1 aliphatic heterocycles. The highest BCUT2D eigenvalue weighted by molar-refractivity contribution is 9.10. The van der Waals surface area contributed by atoms with E-state index < -0.39 is 17.9 Å². The van der Waals surface area contributed by atoms with Gasteiger partial charge in [0.15, 0.2) is 0 Å². The highest BCUT2D eigenvalue weighted by Gasteiger charge is 2.44. The van der Waals surface area contributed by atoms with Gasteiger partial charge in [0.25, 0.3) is 5.91 Å². The Kier molecular flexibility index (Phi) is 4.54. The predicted molar refractivity (Wildman–Crippen MR) is 107 cm³/mol. The monoisotopic (exact) mass is 421 g/mol. The SMILES string of the molecule is O=C(O)[C@@H]1c2ccccc2C(=O)N(c2ccc(Br)cc2)[C@@H]1c1ccccc1. The fraction of sp³-hybridized carbons (Fsp3) is 0.0909. The molecule has 1 amide bonds. The summed E-state index contributed by atoms with van der Waals surface area (Å²) in [6.07, 6.45) is 0. The van der Waals surface area contributed by atoms with Crippen molar-refractivity contribution in [2.75, 3.05) is 4.90 Å². The summed E-state index contributed by atoms with van der Waals surface area (Å²) >= 11 is 3.41. The third kappa shape index (κ3) is 3.04. The second kappa shape index (κ2) is 7.00. The third-order valence-corrected chi connectivity index (χ3v) is 5.38. The minimum Gasteiger partial charge on any atom is -0.481 e. The number of carboxylic acid groups (broad SMARTS) is 1. The van der Waals surface area contributed by atoms with Crippen LogP contribution in [-0.4, -0.2) is 17.0 Å². The van der Waals surface area contributed by atoms with Crippen LogP contribution in [0.4, 0.5) is 5.69 Å². The van der Waals surface area contributed by atoms with Gasteiger partial charge in [-0.05, 0) is 41.5 Å². The second-order valence-electron chi connectivity index (χ2n) is 6.41. The molecule has 1 aliphatic rings. The van der Waals surface area contributed by atoms with Crippen molar-refractivity contribution in [1.82, 2.24) is 0 Å². The van der Waals surface area contributed by atoms with Gasteiger partial charge in [0, 0.05) is 15.7 Å². The van der Waals surface area contributed by atoms with E-state index in [1.54, 1.807) is 29.2 Å². The van der Waals surface area contributed by atoms with Crippen LogP contribution in [0.1, 0.15) is 33.4 Å². The lowest BCUT2D eigenvalue weighted by molar-refractivity contribution is -0.139. The van der Waals surface area contributed by atoms with Crippen LogP contribution < -0.4 is 4.90 Å². The molecule has 134 valence electrons. The highest BCUT2D eigenvalue weighted by Crippen LogP contribution is 2.45. The quantitative estimate of drug-likeness (QED) is 0.645. The molecule has 2 atom stereocenters. The summed E-state index contributed by atoms with van der Waals surface area (Å²) < 4.78 is 0.891. The average molecular weight is 422 g/mol. The summed E-state index contributed by atoms with van der Waals surface area (Å²) in [6, 6.07) is 23.0. The molecule has 3 aromatic rings. The zero-order chi connectivity index (χ0) is 19.0. The molecule has 0 saturated carbocycles. The van der Waals surface area contributed by atoms with Crippen molar-refractivity contribution >= 4 is 33.5 Å². The van der Waals surface area contributed by atoms with E-state index in [-0.39, 0.29) is 5.91 Å². The Bertz CT molecular complexity index is 1000. The van der Waals surface area contributed by atoms with E-state index in [1.807, 2.05) is 54.6 Å². The molecule has 0 saturated heterocycles. The molecule has 1 N–H and O–H groups in total. The molecule has 0 aliphatic carbocycles. The highest BCUT2D eigenvalue weighted by atomic mass is 79.9. The van der Waals surface area contributed by atoms with Crippen LogP contribution in [0.15, 0.2) is 83.3 Å². The first-order valence-corrected chi connectivity index (χ1v) is 9.33. The second-order valence-corrected chi connectivity index (χ2v) is 7.33. The molecule has 4 rings (SSSR count). The minimum atomic E-state index is -0.953. The van der Waals surface area contributed by atoms with Crippen LogP contribution in [0.2, 0.25) is 0 Å². The van der Waals surface area contributed by atoms with Crippen molar-refractivity contribution in [3.05, 3.63) is 100 Å². The number of hydrogen-bond acceptors (Lipinski definition) is 2. The number of hydrogen-bond donors (Lipinski definition) is 1. The van der Waals surface area contributed by atoms with E-state index in [0.29, 0.717) is 16.8 Å². The number of carbonyl (C=O) groups excluding carboxylic acids is 1. The lowest BCUT2D eigenvalue weighted by Gasteiger charge is -2.40. The van der Waals surface area contributed by atoms with E-state index in [1.165, 1.54) is 0 Å². The predicted octanol–water partition coefficient (Wildman–Crippen LogP) is 5.02. The first kappa shape index (κ1) is 17.5. The summed E-state index contributed by atoms with van der Waals surface area (Å²) in [4.78, 5) is 27.3. The Balaban J connectivity index is 1.98. The number of aliphatic carboxylic acids is 1. The Hall–Kier alpha value is -2.92. The molecule has 3 aromatic carbocycles. The van der Waals surface area contributed by atoms with Gasteiger partial charge in [0.2, 0.25) is 0 Å². The first-order chi connectivity index (χ1) is 13.1. The van der Waals surface area contributed by atoms with Crippen molar-refractivity contribution in [2.45, 2.75) is 12.0 Å². The van der Waals surface area contributed by atoms with Crippen LogP contribution in [-0.2, 0) is 4.79 Å². The normalized spacial score (nSPS) is 18.9. The summed E-state index contributed by atoms with van der Waals surface area (Å²) in [5.41, 5.74) is 2.44. The van der Waals surface area contributed by atoms with Crippen LogP contribution >= 0.6 is 15.9 Å². The van der Waals surface area contributed by atoms with Gasteiger partial charge >= 0.3 is 5.97 Å². The summed E-state index contributed by atoms with van der Waals surface area (Å²) in [7, 11) is 0. The van der Waals surface area contributed by atoms with E-state index in [2.05, 4.69) is 15.9 Å². The number of anilines is 1. The number of halogens is 1. The molecule has 0 fully saturated rings. The summed E-state index contributed by atoms with van der Waals surface area (Å²) in [6.45, 7) is 0. The topological polar surface area (TPSA) is 57.6 Å². The van der Waals surface area contributed by atoms with Crippen LogP contribution in [0.3, 0.4) is 0 Å². The maximum absolute atomic E-state index is 13.4. The maximum atomic E-state index is 13.4. The molecule has 1 heterocycles. The van der Waals surface area contributed by atoms with E-state index in [4.69, 9.17) is 0 Å². The third-order valence-electron chi connectivity index (χ3n) is 4.85. The molecule has 5 heteroatoms. The molecule has 0 aromatic heterocycles. The fourth-order valence-corrected chi connectivity index (χ4v) is 3.94. The van der Waals surface area contributed by atoms with Crippen molar-refractivity contribution in [2.24, 2.45) is 0 Å². The smallest absolute Gasteiger partial charge is 0.313 e. The standard InChI is InChI=1S/C22H16BrNO3/c23-15-10-12-16(13-11-15)24-20(14-6-2-1-3-7-14)19(22(26)27)17-8-4-5-9-18(17)21(24)25/h1-13,19-20H,(H,26,27)/t19-,20-/m1/s1. The molecule has 4 nitrogen and oxygen atoms in total. The lowest BCUT2D eigenvalue weighted by Crippen LogP contribution is -2.45. The van der Waals surface area contributed by atoms with Crippen LogP contribution in [0.25, 0.3) is 0 Å². The van der Waals surface area contributed by atoms with Crippen molar-refractivity contribution in [3.63, 3.8) is 0 Å². The van der Waals surface area contributed by atoms with Gasteiger partial charge in [-0.15, -0.1) is 0 Å². The Morgan fingerprint density at radius 3 is 2.19 bits per heavy atom. The van der Waals surface area contributed by atoms with Gasteiger partial charge in [0.05, 0.1) is 6.04 Å². The first-order valence-electron chi connectivity index (χ1n) is 8.54. The molecular formula is C22H16BrNO3. The Labute approximate surface area is 165 Å². The average Bonchev–Trinajstić information content (AvgIpc) is 2.69. The number of carbonyl (C=O) groups is 2. The van der Waals surface area contributed by atoms with Crippen LogP contribution in [0.5, 0.6) is 0 Å². The Morgan fingerprint density at radius 2 is 1.52 bits per heavy atom. The molecule has 27 heavy (non-hydrogen) atoms. The number of rotatable bonds is 3. The van der Waals surface area contributed by atoms with Gasteiger partial charge < -0.3 is 5.11 Å². The summed E-state index contributed by atoms with van der Waals surface area (Å²) in [5.74, 6) is -2.00.